The molecule has 0 aliphatic rings. The molecule has 0 fully saturated rings. The summed E-state index contributed by atoms with van der Waals surface area (Å²) in [6, 6.07) is 4.73. The second-order valence-electron chi connectivity index (χ2n) is 2.53. The zero-order valence-corrected chi connectivity index (χ0v) is 6.97. The molecule has 1 rings (SSSR count). The maximum absolute atomic E-state index is 9.10. The second kappa shape index (κ2) is 3.11. The molecule has 1 aromatic carbocycles. The van der Waals surface area contributed by atoms with Gasteiger partial charge in [0.05, 0.1) is 0 Å². The van der Waals surface area contributed by atoms with E-state index in [2.05, 4.69) is 0 Å². The van der Waals surface area contributed by atoms with Crippen LogP contribution >= 0.6 is 11.6 Å². The van der Waals surface area contributed by atoms with Gasteiger partial charge in [0.1, 0.15) is 5.75 Å². The van der Waals surface area contributed by atoms with Crippen LogP contribution in [-0.2, 0) is 0 Å². The monoisotopic (exact) mass is 171 g/mol. The van der Waals surface area contributed by atoms with Gasteiger partial charge in [0, 0.05) is 11.1 Å². The third kappa shape index (κ3) is 2.10. The molecule has 0 aromatic heterocycles. The van der Waals surface area contributed by atoms with E-state index in [0.717, 1.165) is 5.56 Å². The van der Waals surface area contributed by atoms with Crippen LogP contribution in [-0.4, -0.2) is 5.11 Å². The quantitative estimate of drug-likeness (QED) is 0.680. The molecule has 0 radical (unpaired) electrons. The van der Waals surface area contributed by atoms with Gasteiger partial charge in [-0.25, -0.2) is 0 Å². The molecule has 0 aliphatic heterocycles. The highest BCUT2D eigenvalue weighted by atomic mass is 35.5. The SMILES string of the molecule is CC(N)c1cc(O)cc(Cl)c1. The Kier molecular flexibility index (Phi) is 2.37. The van der Waals surface area contributed by atoms with E-state index in [1.807, 2.05) is 6.92 Å². The third-order valence-electron chi connectivity index (χ3n) is 1.43. The highest BCUT2D eigenvalue weighted by Crippen LogP contribution is 2.22. The summed E-state index contributed by atoms with van der Waals surface area (Å²) in [5.41, 5.74) is 6.42. The first kappa shape index (κ1) is 8.37. The van der Waals surface area contributed by atoms with Gasteiger partial charge in [-0.05, 0) is 30.7 Å². The number of nitrogens with two attached hydrogens (primary N) is 1. The van der Waals surface area contributed by atoms with Gasteiger partial charge in [0.2, 0.25) is 0 Å². The van der Waals surface area contributed by atoms with E-state index >= 15 is 0 Å². The van der Waals surface area contributed by atoms with Crippen LogP contribution in [0.1, 0.15) is 18.5 Å². The van der Waals surface area contributed by atoms with Crippen molar-refractivity contribution in [2.45, 2.75) is 13.0 Å². The average Bonchev–Trinajstić information content (AvgIpc) is 1.85. The molecular formula is C8H10ClNO. The second-order valence-corrected chi connectivity index (χ2v) is 2.97. The van der Waals surface area contributed by atoms with Crippen LogP contribution in [0.5, 0.6) is 5.75 Å². The van der Waals surface area contributed by atoms with Crippen molar-refractivity contribution >= 4 is 11.6 Å². The Morgan fingerprint density at radius 3 is 2.55 bits per heavy atom. The molecule has 0 aliphatic carbocycles. The average molecular weight is 172 g/mol. The predicted octanol–water partition coefficient (Wildman–Crippen LogP) is 2.07. The molecule has 0 saturated heterocycles. The minimum Gasteiger partial charge on any atom is -0.508 e. The number of hydrogen-bond acceptors (Lipinski definition) is 2. The molecule has 11 heavy (non-hydrogen) atoms. The molecule has 0 amide bonds. The van der Waals surface area contributed by atoms with Crippen LogP contribution < -0.4 is 5.73 Å². The summed E-state index contributed by atoms with van der Waals surface area (Å²) in [6.45, 7) is 1.84. The number of phenolic OH excluding ortho intramolecular Hbond substituents is 1. The molecular weight excluding hydrogens is 162 g/mol. The van der Waals surface area contributed by atoms with Crippen LogP contribution in [0.15, 0.2) is 18.2 Å². The molecule has 1 aromatic rings. The van der Waals surface area contributed by atoms with Crippen LogP contribution in [0.3, 0.4) is 0 Å². The molecule has 0 heterocycles. The lowest BCUT2D eigenvalue weighted by molar-refractivity contribution is 0.474. The Morgan fingerprint density at radius 2 is 2.09 bits per heavy atom. The van der Waals surface area contributed by atoms with Gasteiger partial charge in [-0.1, -0.05) is 11.6 Å². The van der Waals surface area contributed by atoms with Crippen molar-refractivity contribution in [1.29, 1.82) is 0 Å². The van der Waals surface area contributed by atoms with Crippen LogP contribution in [0.2, 0.25) is 5.02 Å². The van der Waals surface area contributed by atoms with Crippen LogP contribution in [0.4, 0.5) is 0 Å². The lowest BCUT2D eigenvalue weighted by Gasteiger charge is -2.05. The van der Waals surface area contributed by atoms with Crippen LogP contribution in [0.25, 0.3) is 0 Å². The fraction of sp³-hybridized carbons (Fsp3) is 0.250. The molecule has 1 unspecified atom stereocenters. The lowest BCUT2D eigenvalue weighted by atomic mass is 10.1. The van der Waals surface area contributed by atoms with Gasteiger partial charge in [0.25, 0.3) is 0 Å². The Morgan fingerprint density at radius 1 is 1.45 bits per heavy atom. The number of rotatable bonds is 1. The molecule has 60 valence electrons. The van der Waals surface area contributed by atoms with Gasteiger partial charge < -0.3 is 10.8 Å². The van der Waals surface area contributed by atoms with Crippen molar-refractivity contribution in [3.8, 4) is 5.75 Å². The zero-order chi connectivity index (χ0) is 8.43. The molecule has 0 saturated carbocycles. The van der Waals surface area contributed by atoms with Crippen molar-refractivity contribution in [3.63, 3.8) is 0 Å². The van der Waals surface area contributed by atoms with Gasteiger partial charge in [0.15, 0.2) is 0 Å². The first-order valence-corrected chi connectivity index (χ1v) is 3.72. The summed E-state index contributed by atoms with van der Waals surface area (Å²) < 4.78 is 0. The van der Waals surface area contributed by atoms with Crippen molar-refractivity contribution < 1.29 is 5.11 Å². The molecule has 3 N–H and O–H groups in total. The summed E-state index contributed by atoms with van der Waals surface area (Å²) in [6.07, 6.45) is 0. The first-order chi connectivity index (χ1) is 5.09. The summed E-state index contributed by atoms with van der Waals surface area (Å²) in [5, 5.41) is 9.61. The normalized spacial score (nSPS) is 13.0. The standard InChI is InChI=1S/C8H10ClNO/c1-5(10)6-2-7(9)4-8(11)3-6/h2-5,11H,10H2,1H3. The van der Waals surface area contributed by atoms with Crippen molar-refractivity contribution in [1.82, 2.24) is 0 Å². The van der Waals surface area contributed by atoms with Crippen LogP contribution in [0, 0.1) is 0 Å². The minimum atomic E-state index is -0.0976. The Hall–Kier alpha value is -0.730. The zero-order valence-electron chi connectivity index (χ0n) is 6.21. The van der Waals surface area contributed by atoms with E-state index in [-0.39, 0.29) is 11.8 Å². The molecule has 0 spiro atoms. The highest BCUT2D eigenvalue weighted by molar-refractivity contribution is 6.30. The predicted molar refractivity (Wildman–Crippen MR) is 45.7 cm³/mol. The maximum atomic E-state index is 9.10. The maximum Gasteiger partial charge on any atom is 0.117 e. The van der Waals surface area contributed by atoms with Gasteiger partial charge >= 0.3 is 0 Å². The summed E-state index contributed by atoms with van der Waals surface area (Å²) in [7, 11) is 0. The highest BCUT2D eigenvalue weighted by Gasteiger charge is 2.01. The van der Waals surface area contributed by atoms with E-state index in [0.29, 0.717) is 5.02 Å². The fourth-order valence-electron chi connectivity index (χ4n) is 0.859. The lowest BCUT2D eigenvalue weighted by Crippen LogP contribution is -2.04. The van der Waals surface area contributed by atoms with E-state index in [4.69, 9.17) is 22.4 Å². The topological polar surface area (TPSA) is 46.2 Å². The Labute approximate surface area is 70.6 Å². The van der Waals surface area contributed by atoms with E-state index in [9.17, 15) is 0 Å². The van der Waals surface area contributed by atoms with Crippen molar-refractivity contribution in [2.24, 2.45) is 5.73 Å². The number of hydrogen-bond donors (Lipinski definition) is 2. The Bertz CT molecular complexity index is 240. The molecule has 0 bridgehead atoms. The molecule has 3 heteroatoms. The number of aromatic hydroxyl groups is 1. The summed E-state index contributed by atoms with van der Waals surface area (Å²) in [4.78, 5) is 0. The Balaban J connectivity index is 3.08. The third-order valence-corrected chi connectivity index (χ3v) is 1.65. The van der Waals surface area contributed by atoms with Gasteiger partial charge in [-0.15, -0.1) is 0 Å². The number of benzene rings is 1. The first-order valence-electron chi connectivity index (χ1n) is 3.34. The van der Waals surface area contributed by atoms with Crippen molar-refractivity contribution in [3.05, 3.63) is 28.8 Å². The molecule has 1 atom stereocenters. The number of phenols is 1. The van der Waals surface area contributed by atoms with Gasteiger partial charge in [-0.3, -0.25) is 0 Å². The summed E-state index contributed by atoms with van der Waals surface area (Å²) in [5.74, 6) is 0.157. The van der Waals surface area contributed by atoms with E-state index in [1.54, 1.807) is 12.1 Å². The summed E-state index contributed by atoms with van der Waals surface area (Å²) >= 11 is 5.68. The van der Waals surface area contributed by atoms with E-state index in [1.165, 1.54) is 6.07 Å². The van der Waals surface area contributed by atoms with E-state index < -0.39 is 0 Å². The fourth-order valence-corrected chi connectivity index (χ4v) is 1.10. The smallest absolute Gasteiger partial charge is 0.117 e. The minimum absolute atomic E-state index is 0.0976. The molecule has 2 nitrogen and oxygen atoms in total. The van der Waals surface area contributed by atoms with Gasteiger partial charge in [-0.2, -0.15) is 0 Å². The van der Waals surface area contributed by atoms with Crippen molar-refractivity contribution in [2.75, 3.05) is 0 Å². The number of halogens is 1. The largest absolute Gasteiger partial charge is 0.508 e.